The lowest BCUT2D eigenvalue weighted by atomic mass is 10.2. The van der Waals surface area contributed by atoms with Crippen LogP contribution in [0.4, 0.5) is 0 Å². The molecule has 0 aromatic heterocycles. The van der Waals surface area contributed by atoms with Crippen LogP contribution in [0.25, 0.3) is 0 Å². The average molecular weight is 125 g/mol. The molecule has 9 heavy (non-hydrogen) atoms. The molecule has 0 aromatic carbocycles. The minimum absolute atomic E-state index is 0.468. The van der Waals surface area contributed by atoms with Crippen molar-refractivity contribution < 1.29 is 5.11 Å². The van der Waals surface area contributed by atoms with Crippen molar-refractivity contribution in [1.82, 2.24) is 0 Å². The molecule has 0 heterocycles. The molecule has 0 aliphatic rings. The minimum atomic E-state index is -0.468. The molecular formula is C8H13O. The van der Waals surface area contributed by atoms with E-state index < -0.39 is 6.10 Å². The third-order valence-corrected chi connectivity index (χ3v) is 1.09. The van der Waals surface area contributed by atoms with Gasteiger partial charge in [-0.05, 0) is 6.42 Å². The molecule has 0 aliphatic carbocycles. The molecule has 0 saturated carbocycles. The smallest absolute Gasteiger partial charge is 0.104 e. The molecule has 1 unspecified atom stereocenters. The number of hydrogen-bond acceptors (Lipinski definition) is 0. The van der Waals surface area contributed by atoms with Crippen LogP contribution in [0.2, 0.25) is 0 Å². The Morgan fingerprint density at radius 3 is 2.44 bits per heavy atom. The predicted octanol–water partition coefficient (Wildman–Crippen LogP) is 2.00. The zero-order valence-corrected chi connectivity index (χ0v) is 6.11. The highest BCUT2D eigenvalue weighted by atomic mass is 16.3. The van der Waals surface area contributed by atoms with E-state index in [2.05, 4.69) is 11.8 Å². The minimum Gasteiger partial charge on any atom is -0.232 e. The van der Waals surface area contributed by atoms with Gasteiger partial charge in [-0.2, -0.15) is 0 Å². The van der Waals surface area contributed by atoms with Crippen LogP contribution < -0.4 is 0 Å². The van der Waals surface area contributed by atoms with E-state index in [1.807, 2.05) is 13.8 Å². The first-order valence-corrected chi connectivity index (χ1v) is 3.42. The van der Waals surface area contributed by atoms with E-state index in [0.717, 1.165) is 6.42 Å². The summed E-state index contributed by atoms with van der Waals surface area (Å²) in [6.45, 7) is 3.88. The summed E-state index contributed by atoms with van der Waals surface area (Å²) in [4.78, 5) is 0. The van der Waals surface area contributed by atoms with E-state index in [1.165, 1.54) is 0 Å². The zero-order valence-electron chi connectivity index (χ0n) is 6.11. The van der Waals surface area contributed by atoms with Crippen LogP contribution in [0.1, 0.15) is 33.1 Å². The molecule has 0 aromatic rings. The molecule has 0 bridgehead atoms. The van der Waals surface area contributed by atoms with Gasteiger partial charge in [-0.25, -0.2) is 5.11 Å². The van der Waals surface area contributed by atoms with Crippen molar-refractivity contribution in [2.24, 2.45) is 0 Å². The maximum atomic E-state index is 10.7. The van der Waals surface area contributed by atoms with Gasteiger partial charge in [0.05, 0.1) is 0 Å². The molecule has 0 spiro atoms. The highest BCUT2D eigenvalue weighted by Crippen LogP contribution is 1.94. The van der Waals surface area contributed by atoms with Gasteiger partial charge in [0.1, 0.15) is 6.10 Å². The van der Waals surface area contributed by atoms with Crippen molar-refractivity contribution in [3.8, 4) is 11.8 Å². The molecule has 0 aliphatic heterocycles. The Balaban J connectivity index is 3.25. The van der Waals surface area contributed by atoms with Crippen molar-refractivity contribution in [3.63, 3.8) is 0 Å². The summed E-state index contributed by atoms with van der Waals surface area (Å²) in [5.74, 6) is 5.69. The van der Waals surface area contributed by atoms with E-state index >= 15 is 0 Å². The van der Waals surface area contributed by atoms with E-state index in [-0.39, 0.29) is 0 Å². The Bertz CT molecular complexity index is 107. The van der Waals surface area contributed by atoms with Gasteiger partial charge in [0, 0.05) is 12.8 Å². The fraction of sp³-hybridized carbons (Fsp3) is 0.750. The summed E-state index contributed by atoms with van der Waals surface area (Å²) in [7, 11) is 0. The Morgan fingerprint density at radius 2 is 2.00 bits per heavy atom. The van der Waals surface area contributed by atoms with Gasteiger partial charge < -0.3 is 0 Å². The van der Waals surface area contributed by atoms with Gasteiger partial charge in [-0.3, -0.25) is 0 Å². The van der Waals surface area contributed by atoms with Crippen LogP contribution in [0.15, 0.2) is 0 Å². The molecular weight excluding hydrogens is 112 g/mol. The fourth-order valence-electron chi connectivity index (χ4n) is 0.455. The number of hydrogen-bond donors (Lipinski definition) is 0. The lowest BCUT2D eigenvalue weighted by Crippen LogP contribution is -1.98. The van der Waals surface area contributed by atoms with Crippen LogP contribution in [0.5, 0.6) is 0 Å². The van der Waals surface area contributed by atoms with Gasteiger partial charge in [-0.1, -0.05) is 13.8 Å². The molecule has 1 heteroatoms. The van der Waals surface area contributed by atoms with Gasteiger partial charge >= 0.3 is 0 Å². The van der Waals surface area contributed by atoms with Crippen molar-refractivity contribution in [1.29, 1.82) is 0 Å². The highest BCUT2D eigenvalue weighted by molar-refractivity contribution is 4.98. The quantitative estimate of drug-likeness (QED) is 0.503. The van der Waals surface area contributed by atoms with Crippen molar-refractivity contribution in [2.75, 3.05) is 0 Å². The second-order valence-corrected chi connectivity index (χ2v) is 1.94. The zero-order chi connectivity index (χ0) is 7.11. The van der Waals surface area contributed by atoms with Gasteiger partial charge in [0.15, 0.2) is 0 Å². The Labute approximate surface area is 57.1 Å². The standard InChI is InChI=1S/C8H13O/c1-3-5-6-7-8(9)4-2/h8H,3-4,7H2,1-2H3. The van der Waals surface area contributed by atoms with Crippen LogP contribution in [-0.4, -0.2) is 6.10 Å². The van der Waals surface area contributed by atoms with Crippen LogP contribution in [-0.2, 0) is 5.11 Å². The highest BCUT2D eigenvalue weighted by Gasteiger charge is 1.96. The predicted molar refractivity (Wildman–Crippen MR) is 37.4 cm³/mol. The number of rotatable bonds is 2. The third kappa shape index (κ3) is 5.39. The molecule has 0 fully saturated rings. The largest absolute Gasteiger partial charge is 0.232 e. The van der Waals surface area contributed by atoms with Crippen LogP contribution >= 0.6 is 0 Å². The SMILES string of the molecule is CCC#CCC([O])CC. The summed E-state index contributed by atoms with van der Waals surface area (Å²) in [5.41, 5.74) is 0. The van der Waals surface area contributed by atoms with Crippen molar-refractivity contribution in [3.05, 3.63) is 0 Å². The van der Waals surface area contributed by atoms with Crippen molar-refractivity contribution in [2.45, 2.75) is 39.2 Å². The summed E-state index contributed by atoms with van der Waals surface area (Å²) < 4.78 is 0. The van der Waals surface area contributed by atoms with Crippen LogP contribution in [0.3, 0.4) is 0 Å². The molecule has 51 valence electrons. The molecule has 1 nitrogen and oxygen atoms in total. The summed E-state index contributed by atoms with van der Waals surface area (Å²) in [6.07, 6.45) is 1.60. The first-order valence-electron chi connectivity index (χ1n) is 3.42. The normalized spacial score (nSPS) is 11.9. The molecule has 0 amide bonds. The summed E-state index contributed by atoms with van der Waals surface area (Å²) >= 11 is 0. The Kier molecular flexibility index (Phi) is 5.35. The molecule has 1 atom stereocenters. The van der Waals surface area contributed by atoms with E-state index in [4.69, 9.17) is 0 Å². The van der Waals surface area contributed by atoms with E-state index in [0.29, 0.717) is 12.8 Å². The first-order chi connectivity index (χ1) is 4.31. The van der Waals surface area contributed by atoms with Crippen molar-refractivity contribution >= 4 is 0 Å². The van der Waals surface area contributed by atoms with E-state index in [9.17, 15) is 5.11 Å². The van der Waals surface area contributed by atoms with Crippen LogP contribution in [0, 0.1) is 11.8 Å². The lowest BCUT2D eigenvalue weighted by molar-refractivity contribution is 0.0901. The monoisotopic (exact) mass is 125 g/mol. The summed E-state index contributed by atoms with van der Waals surface area (Å²) in [6, 6.07) is 0. The molecule has 1 radical (unpaired) electrons. The van der Waals surface area contributed by atoms with E-state index in [1.54, 1.807) is 0 Å². The second-order valence-electron chi connectivity index (χ2n) is 1.94. The molecule has 0 N–H and O–H groups in total. The lowest BCUT2D eigenvalue weighted by Gasteiger charge is -1.94. The average Bonchev–Trinajstić information content (AvgIpc) is 1.89. The Hall–Kier alpha value is -0.480. The second kappa shape index (κ2) is 5.65. The van der Waals surface area contributed by atoms with Gasteiger partial charge in [0.2, 0.25) is 0 Å². The molecule has 0 rings (SSSR count). The summed E-state index contributed by atoms with van der Waals surface area (Å²) in [5, 5.41) is 10.7. The van der Waals surface area contributed by atoms with Gasteiger partial charge in [0.25, 0.3) is 0 Å². The first kappa shape index (κ1) is 8.52. The maximum absolute atomic E-state index is 10.7. The fourth-order valence-corrected chi connectivity index (χ4v) is 0.455. The third-order valence-electron chi connectivity index (χ3n) is 1.09. The Morgan fingerprint density at radius 1 is 1.33 bits per heavy atom. The maximum Gasteiger partial charge on any atom is 0.104 e. The topological polar surface area (TPSA) is 19.9 Å². The van der Waals surface area contributed by atoms with Gasteiger partial charge in [-0.15, -0.1) is 11.8 Å². The molecule has 0 saturated heterocycles.